The molecule has 1 aliphatic rings. The molecule has 0 saturated carbocycles. The van der Waals surface area contributed by atoms with E-state index >= 15 is 0 Å². The van der Waals surface area contributed by atoms with Crippen molar-refractivity contribution < 1.29 is 19.4 Å². The first-order valence-corrected chi connectivity index (χ1v) is 7.66. The highest BCUT2D eigenvalue weighted by molar-refractivity contribution is 5.81. The standard InChI is InChI=1S/C17H23NO4/c1-12(2)14(10-13-6-4-3-5-7-13)16(19)18-8-9-22-15(11-18)17(20)21/h3-7,12,14-15H,8-11H2,1-2H3,(H,20,21). The largest absolute Gasteiger partial charge is 0.479 e. The fourth-order valence-corrected chi connectivity index (χ4v) is 2.71. The van der Waals surface area contributed by atoms with Crippen LogP contribution in [0.25, 0.3) is 0 Å². The molecule has 120 valence electrons. The van der Waals surface area contributed by atoms with Crippen LogP contribution in [0.4, 0.5) is 0 Å². The third kappa shape index (κ3) is 4.07. The predicted molar refractivity (Wildman–Crippen MR) is 82.4 cm³/mol. The number of carboxylic acids is 1. The lowest BCUT2D eigenvalue weighted by Gasteiger charge is -2.34. The van der Waals surface area contributed by atoms with E-state index in [0.717, 1.165) is 5.56 Å². The van der Waals surface area contributed by atoms with E-state index in [4.69, 9.17) is 9.84 Å². The Labute approximate surface area is 130 Å². The average molecular weight is 305 g/mol. The van der Waals surface area contributed by atoms with Gasteiger partial charge in [0.05, 0.1) is 13.2 Å². The summed E-state index contributed by atoms with van der Waals surface area (Å²) in [7, 11) is 0. The Bertz CT molecular complexity index is 515. The van der Waals surface area contributed by atoms with Gasteiger partial charge in [0, 0.05) is 12.5 Å². The Morgan fingerprint density at radius 2 is 2.00 bits per heavy atom. The molecule has 2 rings (SSSR count). The van der Waals surface area contributed by atoms with E-state index in [9.17, 15) is 9.59 Å². The second-order valence-corrected chi connectivity index (χ2v) is 6.02. The quantitative estimate of drug-likeness (QED) is 0.901. The third-order valence-electron chi connectivity index (χ3n) is 4.07. The van der Waals surface area contributed by atoms with Crippen molar-refractivity contribution in [2.45, 2.75) is 26.4 Å². The zero-order chi connectivity index (χ0) is 16.1. The number of ether oxygens (including phenoxy) is 1. The van der Waals surface area contributed by atoms with Gasteiger partial charge in [-0.15, -0.1) is 0 Å². The average Bonchev–Trinajstić information content (AvgIpc) is 2.53. The topological polar surface area (TPSA) is 66.8 Å². The molecule has 0 spiro atoms. The summed E-state index contributed by atoms with van der Waals surface area (Å²) in [4.78, 5) is 25.5. The minimum atomic E-state index is -1.01. The normalized spacial score (nSPS) is 20.0. The number of carbonyl (C=O) groups is 2. The van der Waals surface area contributed by atoms with Crippen LogP contribution in [0.5, 0.6) is 0 Å². The predicted octanol–water partition coefficient (Wildman–Crippen LogP) is 1.81. The van der Waals surface area contributed by atoms with Crippen LogP contribution in [-0.2, 0) is 20.7 Å². The summed E-state index contributed by atoms with van der Waals surface area (Å²) in [6, 6.07) is 9.91. The number of carboxylic acid groups (broad SMARTS) is 1. The van der Waals surface area contributed by atoms with E-state index < -0.39 is 12.1 Å². The van der Waals surface area contributed by atoms with Crippen LogP contribution in [0.3, 0.4) is 0 Å². The van der Waals surface area contributed by atoms with Gasteiger partial charge in [-0.3, -0.25) is 4.79 Å². The van der Waals surface area contributed by atoms with Crippen LogP contribution in [-0.4, -0.2) is 47.7 Å². The van der Waals surface area contributed by atoms with E-state index in [0.29, 0.717) is 13.0 Å². The molecule has 1 aromatic carbocycles. The lowest BCUT2D eigenvalue weighted by atomic mass is 9.87. The van der Waals surface area contributed by atoms with Crippen LogP contribution < -0.4 is 0 Å². The smallest absolute Gasteiger partial charge is 0.334 e. The van der Waals surface area contributed by atoms with Crippen molar-refractivity contribution in [1.82, 2.24) is 4.90 Å². The van der Waals surface area contributed by atoms with Crippen LogP contribution in [0.1, 0.15) is 19.4 Å². The number of aliphatic carboxylic acids is 1. The van der Waals surface area contributed by atoms with Crippen molar-refractivity contribution in [3.8, 4) is 0 Å². The molecule has 5 heteroatoms. The molecular weight excluding hydrogens is 282 g/mol. The summed E-state index contributed by atoms with van der Waals surface area (Å²) < 4.78 is 5.18. The number of nitrogens with zero attached hydrogens (tertiary/aromatic N) is 1. The first-order chi connectivity index (χ1) is 10.5. The Hall–Kier alpha value is -1.88. The van der Waals surface area contributed by atoms with E-state index in [1.807, 2.05) is 44.2 Å². The van der Waals surface area contributed by atoms with Gasteiger partial charge in [-0.1, -0.05) is 44.2 Å². The zero-order valence-electron chi connectivity index (χ0n) is 13.1. The summed E-state index contributed by atoms with van der Waals surface area (Å²) in [6.45, 7) is 4.92. The highest BCUT2D eigenvalue weighted by Crippen LogP contribution is 2.21. The summed E-state index contributed by atoms with van der Waals surface area (Å²) in [5.74, 6) is -0.941. The second kappa shape index (κ2) is 7.40. The van der Waals surface area contributed by atoms with Gasteiger partial charge in [0.1, 0.15) is 0 Å². The van der Waals surface area contributed by atoms with Crippen LogP contribution in [0.15, 0.2) is 30.3 Å². The van der Waals surface area contributed by atoms with E-state index in [-0.39, 0.29) is 30.9 Å². The molecule has 1 N–H and O–H groups in total. The van der Waals surface area contributed by atoms with E-state index in [1.54, 1.807) is 4.90 Å². The van der Waals surface area contributed by atoms with Gasteiger partial charge in [0.2, 0.25) is 5.91 Å². The number of benzene rings is 1. The maximum atomic E-state index is 12.8. The summed E-state index contributed by atoms with van der Waals surface area (Å²) in [6.07, 6.45) is -0.242. The number of carbonyl (C=O) groups excluding carboxylic acids is 1. The molecular formula is C17H23NO4. The van der Waals surface area contributed by atoms with Gasteiger partial charge >= 0.3 is 5.97 Å². The lowest BCUT2D eigenvalue weighted by molar-refractivity contribution is -0.161. The van der Waals surface area contributed by atoms with Crippen molar-refractivity contribution in [2.24, 2.45) is 11.8 Å². The van der Waals surface area contributed by atoms with Crippen molar-refractivity contribution in [3.63, 3.8) is 0 Å². The number of hydrogen-bond donors (Lipinski definition) is 1. The van der Waals surface area contributed by atoms with Gasteiger partial charge in [-0.2, -0.15) is 0 Å². The van der Waals surface area contributed by atoms with Gasteiger partial charge in [-0.05, 0) is 17.9 Å². The number of rotatable bonds is 5. The minimum Gasteiger partial charge on any atom is -0.479 e. The number of amides is 1. The van der Waals surface area contributed by atoms with Crippen molar-refractivity contribution in [2.75, 3.05) is 19.7 Å². The Morgan fingerprint density at radius 1 is 1.32 bits per heavy atom. The monoisotopic (exact) mass is 305 g/mol. The molecule has 1 fully saturated rings. The fraction of sp³-hybridized carbons (Fsp3) is 0.529. The molecule has 0 aliphatic carbocycles. The SMILES string of the molecule is CC(C)C(Cc1ccccc1)C(=O)N1CCOC(C(=O)O)C1. The maximum Gasteiger partial charge on any atom is 0.334 e. The lowest BCUT2D eigenvalue weighted by Crippen LogP contribution is -2.51. The Balaban J connectivity index is 2.07. The molecule has 0 aromatic heterocycles. The van der Waals surface area contributed by atoms with Crippen molar-refractivity contribution in [1.29, 1.82) is 0 Å². The summed E-state index contributed by atoms with van der Waals surface area (Å²) >= 11 is 0. The molecule has 1 saturated heterocycles. The Kier molecular flexibility index (Phi) is 5.55. The second-order valence-electron chi connectivity index (χ2n) is 6.02. The Morgan fingerprint density at radius 3 is 2.59 bits per heavy atom. The molecule has 22 heavy (non-hydrogen) atoms. The molecule has 0 bridgehead atoms. The highest BCUT2D eigenvalue weighted by Gasteiger charge is 2.33. The number of hydrogen-bond acceptors (Lipinski definition) is 3. The van der Waals surface area contributed by atoms with Crippen LogP contribution in [0.2, 0.25) is 0 Å². The maximum absolute atomic E-state index is 12.8. The number of morpholine rings is 1. The first kappa shape index (κ1) is 16.5. The third-order valence-corrected chi connectivity index (χ3v) is 4.07. The molecule has 1 aliphatic heterocycles. The van der Waals surface area contributed by atoms with Crippen LogP contribution in [0, 0.1) is 11.8 Å². The molecule has 1 heterocycles. The van der Waals surface area contributed by atoms with Crippen molar-refractivity contribution >= 4 is 11.9 Å². The fourth-order valence-electron chi connectivity index (χ4n) is 2.71. The van der Waals surface area contributed by atoms with Crippen LogP contribution >= 0.6 is 0 Å². The molecule has 2 unspecified atom stereocenters. The molecule has 2 atom stereocenters. The van der Waals surface area contributed by atoms with Gasteiger partial charge in [0.25, 0.3) is 0 Å². The van der Waals surface area contributed by atoms with E-state index in [2.05, 4.69) is 0 Å². The summed E-state index contributed by atoms with van der Waals surface area (Å²) in [5, 5.41) is 9.06. The van der Waals surface area contributed by atoms with Gasteiger partial charge in [0.15, 0.2) is 6.10 Å². The van der Waals surface area contributed by atoms with Gasteiger partial charge in [-0.25, -0.2) is 4.79 Å². The first-order valence-electron chi connectivity index (χ1n) is 7.66. The van der Waals surface area contributed by atoms with Gasteiger partial charge < -0.3 is 14.7 Å². The minimum absolute atomic E-state index is 0.0217. The van der Waals surface area contributed by atoms with E-state index in [1.165, 1.54) is 0 Å². The highest BCUT2D eigenvalue weighted by atomic mass is 16.5. The molecule has 1 amide bonds. The van der Waals surface area contributed by atoms with Crippen molar-refractivity contribution in [3.05, 3.63) is 35.9 Å². The molecule has 0 radical (unpaired) electrons. The zero-order valence-corrected chi connectivity index (χ0v) is 13.1. The molecule has 1 aromatic rings. The summed E-state index contributed by atoms with van der Waals surface area (Å²) in [5.41, 5.74) is 1.12. The molecule has 5 nitrogen and oxygen atoms in total.